The maximum Gasteiger partial charge on any atom is 0.267 e. The third kappa shape index (κ3) is 3.44. The average Bonchev–Trinajstić information content (AvgIpc) is 3.44. The Balaban J connectivity index is 1.45. The van der Waals surface area contributed by atoms with Crippen molar-refractivity contribution in [1.82, 2.24) is 19.2 Å². The van der Waals surface area contributed by atoms with Crippen molar-refractivity contribution in [1.29, 1.82) is 0 Å². The maximum atomic E-state index is 13.7. The van der Waals surface area contributed by atoms with Gasteiger partial charge in [-0.25, -0.2) is 4.57 Å². The quantitative estimate of drug-likeness (QED) is 0.338. The summed E-state index contributed by atoms with van der Waals surface area (Å²) >= 11 is 1.34. The van der Waals surface area contributed by atoms with E-state index in [0.717, 1.165) is 34.4 Å². The van der Waals surface area contributed by atoms with Gasteiger partial charge in [0.2, 0.25) is 11.7 Å². The number of carbonyl (C=O) groups is 1. The van der Waals surface area contributed by atoms with Crippen molar-refractivity contribution >= 4 is 40.0 Å². The molecular weight excluding hydrogens is 470 g/mol. The molecule has 0 bridgehead atoms. The van der Waals surface area contributed by atoms with Crippen LogP contribution in [0.15, 0.2) is 76.7 Å². The minimum absolute atomic E-state index is 0.0292. The van der Waals surface area contributed by atoms with Crippen molar-refractivity contribution in [3.8, 4) is 5.69 Å². The molecule has 1 amide bonds. The van der Waals surface area contributed by atoms with Crippen molar-refractivity contribution in [2.45, 2.75) is 38.4 Å². The van der Waals surface area contributed by atoms with Crippen LogP contribution in [0.1, 0.15) is 23.6 Å². The summed E-state index contributed by atoms with van der Waals surface area (Å²) in [5.74, 6) is 0.684. The van der Waals surface area contributed by atoms with Crippen molar-refractivity contribution in [2.24, 2.45) is 0 Å². The summed E-state index contributed by atoms with van der Waals surface area (Å²) in [5.41, 5.74) is 5.52. The number of hydrogen-bond acceptors (Lipinski definition) is 5. The summed E-state index contributed by atoms with van der Waals surface area (Å²) in [5, 5.41) is 10.0. The molecule has 0 fully saturated rings. The highest BCUT2D eigenvalue weighted by atomic mass is 32.2. The van der Waals surface area contributed by atoms with E-state index in [2.05, 4.69) is 23.2 Å². The lowest BCUT2D eigenvalue weighted by molar-refractivity contribution is -0.116. The molecule has 1 aliphatic heterocycles. The lowest BCUT2D eigenvalue weighted by atomic mass is 10.1. The fraction of sp³-hybridized carbons (Fsp3) is 0.214. The van der Waals surface area contributed by atoms with Gasteiger partial charge in [-0.15, -0.1) is 10.2 Å². The molecule has 1 aliphatic rings. The second-order valence-electron chi connectivity index (χ2n) is 9.25. The molecule has 3 heterocycles. The van der Waals surface area contributed by atoms with E-state index in [-0.39, 0.29) is 23.3 Å². The molecule has 6 rings (SSSR count). The van der Waals surface area contributed by atoms with Crippen molar-refractivity contribution in [3.05, 3.63) is 93.8 Å². The van der Waals surface area contributed by atoms with Gasteiger partial charge in [0.1, 0.15) is 0 Å². The minimum atomic E-state index is -0.141. The summed E-state index contributed by atoms with van der Waals surface area (Å²) in [6, 6.07) is 21.6. The number of fused-ring (bicyclic) bond motifs is 4. The Labute approximate surface area is 212 Å². The molecule has 5 aromatic rings. The van der Waals surface area contributed by atoms with Crippen LogP contribution in [0.5, 0.6) is 0 Å². The first-order chi connectivity index (χ1) is 17.5. The fourth-order valence-corrected chi connectivity index (χ4v) is 6.07. The molecule has 0 radical (unpaired) electrons. The number of thioether (sulfide) groups is 1. The summed E-state index contributed by atoms with van der Waals surface area (Å²) in [6.07, 6.45) is 0.854. The molecule has 0 N–H and O–H groups in total. The van der Waals surface area contributed by atoms with E-state index in [1.165, 1.54) is 17.3 Å². The average molecular weight is 496 g/mol. The van der Waals surface area contributed by atoms with Gasteiger partial charge >= 0.3 is 0 Å². The molecular formula is C28H25N5O2S. The van der Waals surface area contributed by atoms with Gasteiger partial charge in [0.05, 0.1) is 22.3 Å². The first-order valence-corrected chi connectivity index (χ1v) is 12.9. The number of nitrogens with zero attached hydrogens (tertiary/aromatic N) is 5. The second-order valence-corrected chi connectivity index (χ2v) is 10.2. The lowest BCUT2D eigenvalue weighted by Gasteiger charge is -2.22. The molecule has 180 valence electrons. The van der Waals surface area contributed by atoms with Gasteiger partial charge in [-0.05, 0) is 62.1 Å². The van der Waals surface area contributed by atoms with Crippen molar-refractivity contribution in [3.63, 3.8) is 0 Å². The number of amides is 1. The number of para-hydroxylation sites is 3. The van der Waals surface area contributed by atoms with E-state index in [1.807, 2.05) is 83.8 Å². The number of rotatable bonds is 4. The summed E-state index contributed by atoms with van der Waals surface area (Å²) in [4.78, 5) is 28.9. The summed E-state index contributed by atoms with van der Waals surface area (Å²) in [6.45, 7) is 6.05. The van der Waals surface area contributed by atoms with Gasteiger partial charge in [-0.1, -0.05) is 60.3 Å². The van der Waals surface area contributed by atoms with Crippen LogP contribution in [-0.2, 0) is 11.2 Å². The van der Waals surface area contributed by atoms with Crippen LogP contribution < -0.4 is 10.5 Å². The predicted octanol–water partition coefficient (Wildman–Crippen LogP) is 4.72. The van der Waals surface area contributed by atoms with E-state index in [9.17, 15) is 9.59 Å². The van der Waals surface area contributed by atoms with E-state index < -0.39 is 0 Å². The third-order valence-corrected chi connectivity index (χ3v) is 7.77. The predicted molar refractivity (Wildman–Crippen MR) is 143 cm³/mol. The van der Waals surface area contributed by atoms with Crippen LogP contribution >= 0.6 is 11.8 Å². The first kappa shape index (κ1) is 22.5. The Bertz CT molecular complexity index is 1700. The van der Waals surface area contributed by atoms with Gasteiger partial charge < -0.3 is 4.90 Å². The number of hydrogen-bond donors (Lipinski definition) is 0. The monoisotopic (exact) mass is 495 g/mol. The van der Waals surface area contributed by atoms with Gasteiger partial charge in [-0.2, -0.15) is 0 Å². The van der Waals surface area contributed by atoms with Crippen LogP contribution in [0, 0.1) is 13.8 Å². The topological polar surface area (TPSA) is 72.5 Å². The zero-order valence-electron chi connectivity index (χ0n) is 20.3. The number of aromatic nitrogens is 4. The molecule has 2 aromatic heterocycles. The second kappa shape index (κ2) is 8.64. The van der Waals surface area contributed by atoms with Gasteiger partial charge in [0, 0.05) is 11.7 Å². The number of carbonyl (C=O) groups excluding carboxylic acids is 1. The van der Waals surface area contributed by atoms with Gasteiger partial charge in [0.25, 0.3) is 5.56 Å². The highest BCUT2D eigenvalue weighted by molar-refractivity contribution is 7.99. The third-order valence-electron chi connectivity index (χ3n) is 6.86. The maximum absolute atomic E-state index is 13.7. The summed E-state index contributed by atoms with van der Waals surface area (Å²) < 4.78 is 3.53. The first-order valence-electron chi connectivity index (χ1n) is 11.9. The van der Waals surface area contributed by atoms with Crippen LogP contribution in [0.3, 0.4) is 0 Å². The Morgan fingerprint density at radius 1 is 0.972 bits per heavy atom. The van der Waals surface area contributed by atoms with Crippen molar-refractivity contribution < 1.29 is 4.79 Å². The lowest BCUT2D eigenvalue weighted by Crippen LogP contribution is -2.37. The molecule has 36 heavy (non-hydrogen) atoms. The minimum Gasteiger partial charge on any atom is -0.308 e. The molecule has 0 unspecified atom stereocenters. The van der Waals surface area contributed by atoms with Crippen LogP contribution in [0.25, 0.3) is 22.4 Å². The molecule has 7 nitrogen and oxygen atoms in total. The van der Waals surface area contributed by atoms with Gasteiger partial charge in [0.15, 0.2) is 5.16 Å². The van der Waals surface area contributed by atoms with Crippen LogP contribution in [-0.4, -0.2) is 36.9 Å². The van der Waals surface area contributed by atoms with E-state index in [1.54, 1.807) is 4.57 Å². The zero-order chi connectivity index (χ0) is 25.0. The molecule has 0 saturated carbocycles. The number of benzene rings is 3. The van der Waals surface area contributed by atoms with E-state index in [4.69, 9.17) is 0 Å². The van der Waals surface area contributed by atoms with Gasteiger partial charge in [-0.3, -0.25) is 14.0 Å². The normalized spacial score (nSPS) is 15.1. The van der Waals surface area contributed by atoms with E-state index >= 15 is 0 Å². The Kier molecular flexibility index (Phi) is 5.41. The fourth-order valence-electron chi connectivity index (χ4n) is 5.27. The SMILES string of the molecule is Cc1cccc(C)c1-n1c(=O)c2ccccc2n2c(SCC(=O)N3c4ccccc4C[C@@H]3C)nnc12. The Morgan fingerprint density at radius 3 is 2.50 bits per heavy atom. The molecule has 3 aromatic carbocycles. The molecule has 0 spiro atoms. The number of aryl methyl sites for hydroxylation is 2. The standard InChI is InChI=1S/C28H25N5O2S/c1-17-9-8-10-18(2)25(17)33-26(35)21-12-5-7-14-23(21)32-27(33)29-30-28(32)36-16-24(34)31-19(3)15-20-11-4-6-13-22(20)31/h4-14,19H,15-16H2,1-3H3/t19-/m0/s1. The zero-order valence-corrected chi connectivity index (χ0v) is 21.1. The largest absolute Gasteiger partial charge is 0.308 e. The van der Waals surface area contributed by atoms with Crippen LogP contribution in [0.4, 0.5) is 5.69 Å². The highest BCUT2D eigenvalue weighted by Gasteiger charge is 2.31. The molecule has 0 aliphatic carbocycles. The number of anilines is 1. The van der Waals surface area contributed by atoms with Crippen molar-refractivity contribution in [2.75, 3.05) is 10.7 Å². The Morgan fingerprint density at radius 2 is 1.69 bits per heavy atom. The highest BCUT2D eigenvalue weighted by Crippen LogP contribution is 2.33. The summed E-state index contributed by atoms with van der Waals surface area (Å²) in [7, 11) is 0. The molecule has 8 heteroatoms. The molecule has 1 atom stereocenters. The smallest absolute Gasteiger partial charge is 0.267 e. The molecule has 0 saturated heterocycles. The Hall–Kier alpha value is -3.91. The van der Waals surface area contributed by atoms with Crippen LogP contribution in [0.2, 0.25) is 0 Å². The van der Waals surface area contributed by atoms with E-state index in [0.29, 0.717) is 16.3 Å².